The quantitative estimate of drug-likeness (QED) is 0.623. The second kappa shape index (κ2) is 7.13. The molecule has 0 aliphatic rings. The maximum Gasteiger partial charge on any atom is 0.0955 e. The summed E-state index contributed by atoms with van der Waals surface area (Å²) in [7, 11) is 2.00. The van der Waals surface area contributed by atoms with E-state index in [-0.39, 0.29) is 0 Å². The molecular formula is C12H20N2. The van der Waals surface area contributed by atoms with Gasteiger partial charge in [-0.25, -0.2) is 4.98 Å². The molecule has 2 nitrogen and oxygen atoms in total. The molecule has 0 radical (unpaired) electrons. The van der Waals surface area contributed by atoms with E-state index in [1.807, 2.05) is 63.8 Å². The molecule has 0 unspecified atom stereocenters. The van der Waals surface area contributed by atoms with Gasteiger partial charge in [0, 0.05) is 7.05 Å². The van der Waals surface area contributed by atoms with E-state index >= 15 is 0 Å². The van der Waals surface area contributed by atoms with Crippen LogP contribution < -0.4 is 0 Å². The number of aromatic nitrogens is 2. The van der Waals surface area contributed by atoms with Crippen molar-refractivity contribution in [1.82, 2.24) is 9.55 Å². The molecule has 1 heterocycles. The normalized spacial score (nSPS) is 8.36. The van der Waals surface area contributed by atoms with Crippen LogP contribution in [0.25, 0.3) is 11.0 Å². The van der Waals surface area contributed by atoms with E-state index in [0.29, 0.717) is 0 Å². The Balaban J connectivity index is 0.000000379. The summed E-state index contributed by atoms with van der Waals surface area (Å²) in [4.78, 5) is 4.18. The summed E-state index contributed by atoms with van der Waals surface area (Å²) >= 11 is 0. The van der Waals surface area contributed by atoms with Crippen LogP contribution in [-0.4, -0.2) is 9.55 Å². The van der Waals surface area contributed by atoms with Crippen LogP contribution in [0.5, 0.6) is 0 Å². The second-order valence-corrected chi connectivity index (χ2v) is 2.34. The van der Waals surface area contributed by atoms with Gasteiger partial charge < -0.3 is 4.57 Å². The molecule has 1 aromatic carbocycles. The Bertz CT molecular complexity index is 350. The number of imidazole rings is 1. The van der Waals surface area contributed by atoms with Gasteiger partial charge in [0.15, 0.2) is 0 Å². The lowest BCUT2D eigenvalue weighted by Gasteiger charge is -1.90. The largest absolute Gasteiger partial charge is 0.334 e. The van der Waals surface area contributed by atoms with Gasteiger partial charge in [-0.3, -0.25) is 0 Å². The van der Waals surface area contributed by atoms with Gasteiger partial charge in [0.05, 0.1) is 17.4 Å². The van der Waals surface area contributed by atoms with Crippen molar-refractivity contribution in [2.45, 2.75) is 27.7 Å². The highest BCUT2D eigenvalue weighted by atomic mass is 15.0. The number of para-hydroxylation sites is 2. The minimum atomic E-state index is 1.06. The average molecular weight is 192 g/mol. The Morgan fingerprint density at radius 1 is 1.00 bits per heavy atom. The lowest BCUT2D eigenvalue weighted by molar-refractivity contribution is 0.948. The monoisotopic (exact) mass is 192 g/mol. The van der Waals surface area contributed by atoms with E-state index in [1.165, 1.54) is 5.52 Å². The molecule has 0 N–H and O–H groups in total. The third-order valence-electron chi connectivity index (χ3n) is 1.63. The molecular weight excluding hydrogens is 172 g/mol. The Hall–Kier alpha value is -1.31. The van der Waals surface area contributed by atoms with Gasteiger partial charge in [-0.05, 0) is 12.1 Å². The average Bonchev–Trinajstić information content (AvgIpc) is 2.67. The van der Waals surface area contributed by atoms with Crippen LogP contribution in [0.2, 0.25) is 0 Å². The summed E-state index contributed by atoms with van der Waals surface area (Å²) < 4.78 is 2.01. The van der Waals surface area contributed by atoms with Crippen molar-refractivity contribution < 1.29 is 0 Å². The summed E-state index contributed by atoms with van der Waals surface area (Å²) in [5.41, 5.74) is 2.24. The first kappa shape index (κ1) is 12.7. The zero-order valence-electron chi connectivity index (χ0n) is 9.78. The number of hydrogen-bond donors (Lipinski definition) is 0. The molecule has 14 heavy (non-hydrogen) atoms. The molecule has 0 saturated heterocycles. The van der Waals surface area contributed by atoms with Crippen LogP contribution in [0.1, 0.15) is 27.7 Å². The SMILES string of the molecule is CC.CC.Cn1cnc2ccccc21. The van der Waals surface area contributed by atoms with Crippen LogP contribution in [0.3, 0.4) is 0 Å². The molecule has 0 aliphatic carbocycles. The summed E-state index contributed by atoms with van der Waals surface area (Å²) in [6.07, 6.45) is 1.82. The van der Waals surface area contributed by atoms with Gasteiger partial charge in [-0.15, -0.1) is 0 Å². The maximum absolute atomic E-state index is 4.18. The molecule has 1 aromatic heterocycles. The highest BCUT2D eigenvalue weighted by Gasteiger charge is 1.93. The van der Waals surface area contributed by atoms with Crippen molar-refractivity contribution >= 4 is 11.0 Å². The third kappa shape index (κ3) is 2.87. The van der Waals surface area contributed by atoms with E-state index in [2.05, 4.69) is 11.1 Å². The van der Waals surface area contributed by atoms with Crippen LogP contribution >= 0.6 is 0 Å². The van der Waals surface area contributed by atoms with Gasteiger partial charge >= 0.3 is 0 Å². The molecule has 2 rings (SSSR count). The van der Waals surface area contributed by atoms with Gasteiger partial charge in [0.25, 0.3) is 0 Å². The second-order valence-electron chi connectivity index (χ2n) is 2.34. The van der Waals surface area contributed by atoms with Crippen molar-refractivity contribution in [2.24, 2.45) is 7.05 Å². The molecule has 0 saturated carbocycles. The molecule has 0 fully saturated rings. The van der Waals surface area contributed by atoms with Crippen LogP contribution in [0, 0.1) is 0 Å². The zero-order chi connectivity index (χ0) is 11.0. The number of aryl methyl sites for hydroxylation is 1. The molecule has 0 amide bonds. The number of nitrogens with zero attached hydrogens (tertiary/aromatic N) is 2. The van der Waals surface area contributed by atoms with E-state index in [1.54, 1.807) is 0 Å². The van der Waals surface area contributed by atoms with Crippen LogP contribution in [0.4, 0.5) is 0 Å². The Morgan fingerprint density at radius 3 is 2.14 bits per heavy atom. The zero-order valence-corrected chi connectivity index (χ0v) is 9.78. The lowest BCUT2D eigenvalue weighted by atomic mass is 10.3. The molecule has 0 bridgehead atoms. The minimum absolute atomic E-state index is 1.06. The van der Waals surface area contributed by atoms with Gasteiger partial charge in [-0.1, -0.05) is 39.8 Å². The maximum atomic E-state index is 4.18. The predicted molar refractivity (Wildman–Crippen MR) is 63.4 cm³/mol. The highest BCUT2D eigenvalue weighted by Crippen LogP contribution is 2.08. The Labute approximate surface area is 86.6 Å². The first-order valence-corrected chi connectivity index (χ1v) is 5.24. The molecule has 78 valence electrons. The van der Waals surface area contributed by atoms with E-state index in [9.17, 15) is 0 Å². The fourth-order valence-electron chi connectivity index (χ4n) is 1.08. The number of rotatable bonds is 0. The smallest absolute Gasteiger partial charge is 0.0955 e. The number of hydrogen-bond acceptors (Lipinski definition) is 1. The van der Waals surface area contributed by atoms with Crippen molar-refractivity contribution in [2.75, 3.05) is 0 Å². The van der Waals surface area contributed by atoms with Crippen molar-refractivity contribution in [3.8, 4) is 0 Å². The summed E-state index contributed by atoms with van der Waals surface area (Å²) in [5.74, 6) is 0. The minimum Gasteiger partial charge on any atom is -0.334 e. The van der Waals surface area contributed by atoms with Gasteiger partial charge in [0.1, 0.15) is 0 Å². The highest BCUT2D eigenvalue weighted by molar-refractivity contribution is 5.74. The van der Waals surface area contributed by atoms with Gasteiger partial charge in [0.2, 0.25) is 0 Å². The molecule has 2 aromatic rings. The first-order valence-electron chi connectivity index (χ1n) is 5.24. The molecule has 0 aliphatic heterocycles. The van der Waals surface area contributed by atoms with Gasteiger partial charge in [-0.2, -0.15) is 0 Å². The lowest BCUT2D eigenvalue weighted by Crippen LogP contribution is -1.81. The molecule has 0 atom stereocenters. The Kier molecular flexibility index (Phi) is 6.46. The van der Waals surface area contributed by atoms with Crippen LogP contribution in [-0.2, 0) is 7.05 Å². The fraction of sp³-hybridized carbons (Fsp3) is 0.417. The summed E-state index contributed by atoms with van der Waals surface area (Å²) in [5, 5.41) is 0. The van der Waals surface area contributed by atoms with E-state index < -0.39 is 0 Å². The summed E-state index contributed by atoms with van der Waals surface area (Å²) in [6, 6.07) is 8.08. The van der Waals surface area contributed by atoms with Crippen LogP contribution in [0.15, 0.2) is 30.6 Å². The van der Waals surface area contributed by atoms with Crippen molar-refractivity contribution in [3.63, 3.8) is 0 Å². The predicted octanol–water partition coefficient (Wildman–Crippen LogP) is 3.63. The molecule has 0 spiro atoms. The fourth-order valence-corrected chi connectivity index (χ4v) is 1.08. The topological polar surface area (TPSA) is 17.8 Å². The van der Waals surface area contributed by atoms with Crippen molar-refractivity contribution in [1.29, 1.82) is 0 Å². The third-order valence-corrected chi connectivity index (χ3v) is 1.63. The van der Waals surface area contributed by atoms with E-state index in [4.69, 9.17) is 0 Å². The summed E-state index contributed by atoms with van der Waals surface area (Å²) in [6.45, 7) is 8.00. The molecule has 2 heteroatoms. The number of fused-ring (bicyclic) bond motifs is 1. The number of benzene rings is 1. The Morgan fingerprint density at radius 2 is 1.57 bits per heavy atom. The van der Waals surface area contributed by atoms with E-state index in [0.717, 1.165) is 5.52 Å². The van der Waals surface area contributed by atoms with Crippen molar-refractivity contribution in [3.05, 3.63) is 30.6 Å². The standard InChI is InChI=1S/C8H8N2.2C2H6/c1-10-6-9-7-4-2-3-5-8(7)10;2*1-2/h2-6H,1H3;2*1-2H3. The first-order chi connectivity index (χ1) is 6.88.